The van der Waals surface area contributed by atoms with Crippen molar-refractivity contribution in [2.75, 3.05) is 25.7 Å². The minimum atomic E-state index is -0.303. The van der Waals surface area contributed by atoms with E-state index in [0.717, 1.165) is 11.1 Å². The van der Waals surface area contributed by atoms with E-state index in [0.29, 0.717) is 28.8 Å². The molecule has 0 radical (unpaired) electrons. The highest BCUT2D eigenvalue weighted by Crippen LogP contribution is 2.38. The summed E-state index contributed by atoms with van der Waals surface area (Å²) in [4.78, 5) is 25.9. The normalized spacial score (nSPS) is 10.3. The minimum Gasteiger partial charge on any atom is -0.495 e. The molecule has 0 spiro atoms. The van der Waals surface area contributed by atoms with Gasteiger partial charge in [0.1, 0.15) is 18.0 Å². The van der Waals surface area contributed by atoms with Gasteiger partial charge in [-0.15, -0.1) is 0 Å². The Morgan fingerprint density at radius 1 is 1.07 bits per heavy atom. The molecule has 2 rings (SSSR count). The molecule has 144 valence electrons. The number of anilines is 1. The number of carbonyl (C=O) groups excluding carboxylic acids is 2. The first-order valence-electron chi connectivity index (χ1n) is 8.37. The van der Waals surface area contributed by atoms with Crippen molar-refractivity contribution in [3.8, 4) is 11.5 Å². The molecule has 0 heterocycles. The number of nitrogens with one attached hydrogen (secondary N) is 1. The van der Waals surface area contributed by atoms with Crippen molar-refractivity contribution in [3.63, 3.8) is 0 Å². The molecular weight excluding hydrogens is 368 g/mol. The van der Waals surface area contributed by atoms with Crippen LogP contribution in [0.5, 0.6) is 11.5 Å². The second kappa shape index (κ2) is 9.28. The average Bonchev–Trinajstić information content (AvgIpc) is 2.65. The maximum atomic E-state index is 12.4. The van der Waals surface area contributed by atoms with Crippen LogP contribution >= 0.6 is 11.6 Å². The largest absolute Gasteiger partial charge is 0.495 e. The van der Waals surface area contributed by atoms with Crippen LogP contribution in [0.2, 0.25) is 5.02 Å². The minimum absolute atomic E-state index is 0.150. The zero-order chi connectivity index (χ0) is 20.0. The molecular formula is C20H23ClN2O4. The lowest BCUT2D eigenvalue weighted by molar-refractivity contribution is -0.123. The third kappa shape index (κ3) is 5.37. The van der Waals surface area contributed by atoms with Crippen molar-refractivity contribution in [3.05, 3.63) is 52.5 Å². The van der Waals surface area contributed by atoms with E-state index in [1.807, 2.05) is 31.2 Å². The number of benzene rings is 2. The predicted octanol–water partition coefficient (Wildman–Crippen LogP) is 3.33. The third-order valence-corrected chi connectivity index (χ3v) is 4.33. The molecule has 0 aliphatic carbocycles. The monoisotopic (exact) mass is 390 g/mol. The van der Waals surface area contributed by atoms with Crippen molar-refractivity contribution in [2.24, 2.45) is 0 Å². The number of halogens is 1. The molecule has 0 aromatic heterocycles. The molecule has 0 saturated heterocycles. The number of carbonyl (C=O) groups is 2. The van der Waals surface area contributed by atoms with Crippen molar-refractivity contribution in [2.45, 2.75) is 20.4 Å². The summed E-state index contributed by atoms with van der Waals surface area (Å²) in [6, 6.07) is 11.0. The van der Waals surface area contributed by atoms with E-state index >= 15 is 0 Å². The second-order valence-electron chi connectivity index (χ2n) is 6.03. The van der Waals surface area contributed by atoms with Crippen LogP contribution in [0.25, 0.3) is 0 Å². The fraction of sp³-hybridized carbons (Fsp3) is 0.300. The summed E-state index contributed by atoms with van der Waals surface area (Å²) in [7, 11) is 2.95. The number of hydrogen-bond acceptors (Lipinski definition) is 4. The second-order valence-corrected chi connectivity index (χ2v) is 6.43. The van der Waals surface area contributed by atoms with E-state index in [1.165, 1.54) is 26.0 Å². The summed E-state index contributed by atoms with van der Waals surface area (Å²) in [5.74, 6) is 0.172. The van der Waals surface area contributed by atoms with Gasteiger partial charge in [0.2, 0.25) is 11.8 Å². The Kier molecular flexibility index (Phi) is 7.07. The molecule has 2 amide bonds. The van der Waals surface area contributed by atoms with Gasteiger partial charge in [-0.05, 0) is 12.5 Å². The van der Waals surface area contributed by atoms with Crippen molar-refractivity contribution in [1.82, 2.24) is 5.32 Å². The Morgan fingerprint density at radius 3 is 2.26 bits per heavy atom. The lowest BCUT2D eigenvalue weighted by Gasteiger charge is -2.23. The average molecular weight is 391 g/mol. The van der Waals surface area contributed by atoms with Gasteiger partial charge in [-0.3, -0.25) is 14.5 Å². The Hall–Kier alpha value is -2.73. The Balaban J connectivity index is 2.16. The summed E-state index contributed by atoms with van der Waals surface area (Å²) < 4.78 is 10.5. The molecule has 0 aliphatic heterocycles. The van der Waals surface area contributed by atoms with Crippen LogP contribution in [0.1, 0.15) is 18.1 Å². The first kappa shape index (κ1) is 20.6. The van der Waals surface area contributed by atoms with Gasteiger partial charge in [-0.25, -0.2) is 0 Å². The zero-order valence-corrected chi connectivity index (χ0v) is 16.6. The number of methoxy groups -OCH3 is 2. The maximum Gasteiger partial charge on any atom is 0.240 e. The number of aryl methyl sites for hydroxylation is 1. The number of rotatable bonds is 7. The Bertz CT molecular complexity index is 821. The maximum absolute atomic E-state index is 12.4. The van der Waals surface area contributed by atoms with E-state index in [9.17, 15) is 9.59 Å². The quantitative estimate of drug-likeness (QED) is 0.787. The molecule has 0 unspecified atom stereocenters. The first-order chi connectivity index (χ1) is 12.8. The topological polar surface area (TPSA) is 67.9 Å². The molecule has 0 atom stereocenters. The Labute approximate surface area is 164 Å². The Morgan fingerprint density at radius 2 is 1.70 bits per heavy atom. The first-order valence-corrected chi connectivity index (χ1v) is 8.75. The van der Waals surface area contributed by atoms with Crippen LogP contribution in [0.4, 0.5) is 5.69 Å². The van der Waals surface area contributed by atoms with Gasteiger partial charge in [0, 0.05) is 25.6 Å². The number of amides is 2. The van der Waals surface area contributed by atoms with Crippen LogP contribution in [0, 0.1) is 6.92 Å². The highest BCUT2D eigenvalue weighted by atomic mass is 35.5. The van der Waals surface area contributed by atoms with Gasteiger partial charge in [0.05, 0.1) is 24.9 Å². The van der Waals surface area contributed by atoms with E-state index in [2.05, 4.69) is 5.32 Å². The highest BCUT2D eigenvalue weighted by molar-refractivity contribution is 6.32. The fourth-order valence-electron chi connectivity index (χ4n) is 2.53. The molecule has 2 aromatic rings. The summed E-state index contributed by atoms with van der Waals surface area (Å²) in [5.41, 5.74) is 2.54. The van der Waals surface area contributed by atoms with E-state index < -0.39 is 0 Å². The lowest BCUT2D eigenvalue weighted by Crippen LogP contribution is -2.39. The standard InChI is InChI=1S/C20H23ClN2O4/c1-13-5-7-15(8-6-13)11-22-20(25)12-23(14(2)24)17-10-18(26-3)16(21)9-19(17)27-4/h5-10H,11-12H2,1-4H3,(H,22,25). The molecule has 27 heavy (non-hydrogen) atoms. The molecule has 0 aliphatic rings. The third-order valence-electron chi connectivity index (χ3n) is 4.04. The van der Waals surface area contributed by atoms with Crippen molar-refractivity contribution in [1.29, 1.82) is 0 Å². The molecule has 2 aromatic carbocycles. The van der Waals surface area contributed by atoms with E-state index in [1.54, 1.807) is 12.1 Å². The molecule has 0 saturated carbocycles. The van der Waals surface area contributed by atoms with Gasteiger partial charge in [0.15, 0.2) is 0 Å². The summed E-state index contributed by atoms with van der Waals surface area (Å²) in [6.07, 6.45) is 0. The summed E-state index contributed by atoms with van der Waals surface area (Å²) in [5, 5.41) is 3.17. The van der Waals surface area contributed by atoms with E-state index in [4.69, 9.17) is 21.1 Å². The zero-order valence-electron chi connectivity index (χ0n) is 15.8. The predicted molar refractivity (Wildman–Crippen MR) is 106 cm³/mol. The van der Waals surface area contributed by atoms with Crippen LogP contribution in [0.3, 0.4) is 0 Å². The SMILES string of the molecule is COc1cc(N(CC(=O)NCc2ccc(C)cc2)C(C)=O)c(OC)cc1Cl. The van der Waals surface area contributed by atoms with Gasteiger partial charge in [0.25, 0.3) is 0 Å². The molecule has 0 fully saturated rings. The summed E-state index contributed by atoms with van der Waals surface area (Å²) >= 11 is 6.11. The van der Waals surface area contributed by atoms with Crippen LogP contribution in [0.15, 0.2) is 36.4 Å². The van der Waals surface area contributed by atoms with Gasteiger partial charge < -0.3 is 14.8 Å². The van der Waals surface area contributed by atoms with Gasteiger partial charge in [-0.2, -0.15) is 0 Å². The van der Waals surface area contributed by atoms with E-state index in [-0.39, 0.29) is 18.4 Å². The lowest BCUT2D eigenvalue weighted by atomic mass is 10.1. The summed E-state index contributed by atoms with van der Waals surface area (Å²) in [6.45, 7) is 3.61. The number of nitrogens with zero attached hydrogens (tertiary/aromatic N) is 1. The molecule has 6 nitrogen and oxygen atoms in total. The fourth-order valence-corrected chi connectivity index (χ4v) is 2.76. The molecule has 1 N–H and O–H groups in total. The smallest absolute Gasteiger partial charge is 0.240 e. The van der Waals surface area contributed by atoms with Crippen molar-refractivity contribution >= 4 is 29.1 Å². The van der Waals surface area contributed by atoms with Crippen LogP contribution in [-0.4, -0.2) is 32.6 Å². The van der Waals surface area contributed by atoms with Crippen molar-refractivity contribution < 1.29 is 19.1 Å². The highest BCUT2D eigenvalue weighted by Gasteiger charge is 2.21. The number of hydrogen-bond donors (Lipinski definition) is 1. The van der Waals surface area contributed by atoms with Crippen LogP contribution < -0.4 is 19.7 Å². The van der Waals surface area contributed by atoms with Gasteiger partial charge >= 0.3 is 0 Å². The number of ether oxygens (including phenoxy) is 2. The molecule has 7 heteroatoms. The van der Waals surface area contributed by atoms with Gasteiger partial charge in [-0.1, -0.05) is 41.4 Å². The molecule has 0 bridgehead atoms. The van der Waals surface area contributed by atoms with Crippen LogP contribution in [-0.2, 0) is 16.1 Å².